The van der Waals surface area contributed by atoms with Crippen LogP contribution in [0.1, 0.15) is 69.9 Å². The van der Waals surface area contributed by atoms with Gasteiger partial charge in [-0.25, -0.2) is 0 Å². The van der Waals surface area contributed by atoms with Gasteiger partial charge in [0.05, 0.1) is 0 Å². The van der Waals surface area contributed by atoms with E-state index in [4.69, 9.17) is 22.9 Å². The van der Waals surface area contributed by atoms with Crippen molar-refractivity contribution in [2.24, 2.45) is 46.6 Å². The summed E-state index contributed by atoms with van der Waals surface area (Å²) in [5.74, 6) is 3.35. The molecule has 0 spiro atoms. The fraction of sp³-hybridized carbons (Fsp3) is 0.571. The predicted octanol–water partition coefficient (Wildman–Crippen LogP) is 4.71. The molecule has 6 atom stereocenters. The topological polar surface area (TPSA) is 104 Å². The third kappa shape index (κ3) is 6.64. The summed E-state index contributed by atoms with van der Waals surface area (Å²) in [7, 11) is 0. The van der Waals surface area contributed by atoms with Gasteiger partial charge in [-0.2, -0.15) is 0 Å². The molecule has 32 heavy (non-hydrogen) atoms. The average molecular weight is 437 g/mol. The second-order valence-electron chi connectivity index (χ2n) is 10.5. The second-order valence-corrected chi connectivity index (χ2v) is 10.5. The van der Waals surface area contributed by atoms with Crippen molar-refractivity contribution in [3.63, 3.8) is 0 Å². The first-order valence-corrected chi connectivity index (χ1v) is 12.5. The van der Waals surface area contributed by atoms with E-state index < -0.39 is 5.66 Å². The van der Waals surface area contributed by atoms with Gasteiger partial charge in [0.2, 0.25) is 0 Å². The molecule has 2 aliphatic carbocycles. The molecule has 4 rings (SSSR count). The van der Waals surface area contributed by atoms with E-state index in [0.29, 0.717) is 12.1 Å². The van der Waals surface area contributed by atoms with Gasteiger partial charge in [-0.15, -0.1) is 0 Å². The van der Waals surface area contributed by atoms with E-state index >= 15 is 0 Å². The summed E-state index contributed by atoms with van der Waals surface area (Å²) >= 11 is 0. The molecule has 8 N–H and O–H groups in total. The number of hydrogen-bond acceptors (Lipinski definition) is 4. The molecule has 2 saturated carbocycles. The van der Waals surface area contributed by atoms with Crippen LogP contribution in [0.3, 0.4) is 0 Å². The van der Waals surface area contributed by atoms with Gasteiger partial charge in [0.15, 0.2) is 0 Å². The molecule has 0 radical (unpaired) electrons. The number of hydrogen-bond donors (Lipinski definition) is 4. The zero-order valence-electron chi connectivity index (χ0n) is 20.0. The molecule has 4 heteroatoms. The van der Waals surface area contributed by atoms with Crippen LogP contribution in [0.5, 0.6) is 0 Å². The smallest absolute Gasteiger partial charge is 0.116 e. The Morgan fingerprint density at radius 3 is 1.38 bits per heavy atom. The molecule has 0 saturated heterocycles. The van der Waals surface area contributed by atoms with Gasteiger partial charge in [0.1, 0.15) is 5.66 Å². The van der Waals surface area contributed by atoms with Gasteiger partial charge in [-0.3, -0.25) is 0 Å². The van der Waals surface area contributed by atoms with E-state index in [1.54, 1.807) is 0 Å². The Balaban J connectivity index is 0.000000182. The molecule has 0 aromatic heterocycles. The lowest BCUT2D eigenvalue weighted by Crippen LogP contribution is -2.46. The lowest BCUT2D eigenvalue weighted by Gasteiger charge is -2.37. The summed E-state index contributed by atoms with van der Waals surface area (Å²) in [6, 6.07) is 20.3. The van der Waals surface area contributed by atoms with Crippen molar-refractivity contribution in [2.75, 3.05) is 0 Å². The maximum Gasteiger partial charge on any atom is 0.116 e. The third-order valence-electron chi connectivity index (χ3n) is 7.86. The quantitative estimate of drug-likeness (QED) is 0.521. The van der Waals surface area contributed by atoms with E-state index in [-0.39, 0.29) is 0 Å². The first kappa shape index (κ1) is 24.9. The summed E-state index contributed by atoms with van der Waals surface area (Å²) in [5.41, 5.74) is 25.4. The van der Waals surface area contributed by atoms with Gasteiger partial charge >= 0.3 is 0 Å². The minimum absolute atomic E-state index is 0.463. The normalized spacial score (nSPS) is 30.8. The van der Waals surface area contributed by atoms with Gasteiger partial charge in [0, 0.05) is 12.1 Å². The molecule has 0 heterocycles. The largest absolute Gasteiger partial charge is 0.327 e. The monoisotopic (exact) mass is 436 g/mol. The maximum absolute atomic E-state index is 6.14. The molecule has 4 nitrogen and oxygen atoms in total. The summed E-state index contributed by atoms with van der Waals surface area (Å²) < 4.78 is 0. The van der Waals surface area contributed by atoms with E-state index in [1.807, 2.05) is 60.7 Å². The van der Waals surface area contributed by atoms with Crippen LogP contribution < -0.4 is 22.9 Å². The van der Waals surface area contributed by atoms with Crippen molar-refractivity contribution >= 4 is 0 Å². The minimum atomic E-state index is -0.914. The van der Waals surface area contributed by atoms with Crippen molar-refractivity contribution in [3.05, 3.63) is 71.8 Å². The predicted molar refractivity (Wildman–Crippen MR) is 136 cm³/mol. The molecule has 176 valence electrons. The SMILES string of the molecule is CC1CC(CC2CCC(N)C(C)C2)CCC1N.NC(N)(c1ccccc1)c1ccccc1. The number of nitrogens with two attached hydrogens (primary N) is 4. The van der Waals surface area contributed by atoms with Gasteiger partial charge < -0.3 is 22.9 Å². The highest BCUT2D eigenvalue weighted by atomic mass is 15.0. The van der Waals surface area contributed by atoms with Crippen LogP contribution in [-0.2, 0) is 5.66 Å². The van der Waals surface area contributed by atoms with Crippen LogP contribution in [0.25, 0.3) is 0 Å². The van der Waals surface area contributed by atoms with Crippen LogP contribution in [0.4, 0.5) is 0 Å². The Hall–Kier alpha value is -1.72. The Labute approximate surface area is 195 Å². The summed E-state index contributed by atoms with van der Waals surface area (Å²) in [6.45, 7) is 4.66. The zero-order chi connectivity index (χ0) is 23.1. The number of rotatable bonds is 4. The van der Waals surface area contributed by atoms with Crippen LogP contribution >= 0.6 is 0 Å². The van der Waals surface area contributed by atoms with E-state index in [0.717, 1.165) is 34.8 Å². The Kier molecular flexibility index (Phi) is 8.89. The fourth-order valence-electron chi connectivity index (χ4n) is 5.56. The average Bonchev–Trinajstić information content (AvgIpc) is 2.80. The van der Waals surface area contributed by atoms with Crippen molar-refractivity contribution < 1.29 is 0 Å². The lowest BCUT2D eigenvalue weighted by atomic mass is 9.71. The van der Waals surface area contributed by atoms with E-state index in [1.165, 1.54) is 44.9 Å². The lowest BCUT2D eigenvalue weighted by molar-refractivity contribution is 0.169. The van der Waals surface area contributed by atoms with Crippen LogP contribution in [0.15, 0.2) is 60.7 Å². The molecule has 6 unspecified atom stereocenters. The molecule has 2 aromatic rings. The van der Waals surface area contributed by atoms with Gasteiger partial charge in [-0.1, -0.05) is 74.5 Å². The van der Waals surface area contributed by atoms with Crippen molar-refractivity contribution in [2.45, 2.75) is 76.5 Å². The van der Waals surface area contributed by atoms with Crippen molar-refractivity contribution in [1.82, 2.24) is 0 Å². The molecule has 2 aromatic carbocycles. The van der Waals surface area contributed by atoms with Gasteiger partial charge in [0.25, 0.3) is 0 Å². The van der Waals surface area contributed by atoms with Gasteiger partial charge in [-0.05, 0) is 79.7 Å². The van der Waals surface area contributed by atoms with Crippen LogP contribution in [0, 0.1) is 23.7 Å². The first-order valence-electron chi connectivity index (χ1n) is 12.5. The summed E-state index contributed by atoms with van der Waals surface area (Å²) in [4.78, 5) is 0. The molecule has 2 fully saturated rings. The highest BCUT2D eigenvalue weighted by Crippen LogP contribution is 2.38. The fourth-order valence-corrected chi connectivity index (χ4v) is 5.56. The zero-order valence-corrected chi connectivity index (χ0v) is 20.0. The molecular weight excluding hydrogens is 392 g/mol. The van der Waals surface area contributed by atoms with E-state index in [2.05, 4.69) is 13.8 Å². The molecule has 0 amide bonds. The van der Waals surface area contributed by atoms with Crippen LogP contribution in [0.2, 0.25) is 0 Å². The molecule has 2 aliphatic rings. The maximum atomic E-state index is 6.14. The second kappa shape index (κ2) is 11.4. The Morgan fingerprint density at radius 2 is 1.03 bits per heavy atom. The van der Waals surface area contributed by atoms with Crippen LogP contribution in [-0.4, -0.2) is 12.1 Å². The Morgan fingerprint density at radius 1 is 0.656 bits per heavy atom. The highest BCUT2D eigenvalue weighted by molar-refractivity contribution is 5.35. The molecule has 0 aliphatic heterocycles. The summed E-state index contributed by atoms with van der Waals surface area (Å²) in [5, 5.41) is 0. The summed E-state index contributed by atoms with van der Waals surface area (Å²) in [6.07, 6.45) is 9.37. The van der Waals surface area contributed by atoms with Crippen molar-refractivity contribution in [1.29, 1.82) is 0 Å². The minimum Gasteiger partial charge on any atom is -0.327 e. The highest BCUT2D eigenvalue weighted by Gasteiger charge is 2.30. The number of benzene rings is 2. The van der Waals surface area contributed by atoms with E-state index in [9.17, 15) is 0 Å². The first-order chi connectivity index (χ1) is 15.3. The molecular formula is C28H44N4. The van der Waals surface area contributed by atoms with Crippen molar-refractivity contribution in [3.8, 4) is 0 Å². The third-order valence-corrected chi connectivity index (χ3v) is 7.86. The standard InChI is InChI=1S/C15H30N2.C13H14N2/c1-10-7-12(3-5-14(10)16)9-13-4-6-15(17)11(2)8-13;14-13(15,11-7-3-1-4-8-11)12-9-5-2-6-10-12/h10-15H,3-9,16-17H2,1-2H3;1-10H,14-15H2. The molecule has 0 bridgehead atoms. The Bertz CT molecular complexity index is 726.